The Morgan fingerprint density at radius 1 is 1.13 bits per heavy atom. The predicted molar refractivity (Wildman–Crippen MR) is 122 cm³/mol. The van der Waals surface area contributed by atoms with Crippen molar-refractivity contribution >= 4 is 28.6 Å². The van der Waals surface area contributed by atoms with Gasteiger partial charge < -0.3 is 10.3 Å². The summed E-state index contributed by atoms with van der Waals surface area (Å²) in [6.07, 6.45) is 6.85. The monoisotopic (exact) mass is 448 g/mol. The molecule has 166 valence electrons. The Morgan fingerprint density at radius 2 is 1.84 bits per heavy atom. The molecule has 0 spiro atoms. The summed E-state index contributed by atoms with van der Waals surface area (Å²) >= 11 is 1.77. The molecule has 4 rings (SSSR count). The van der Waals surface area contributed by atoms with E-state index in [9.17, 15) is 18.0 Å². The molecular weight excluding hydrogens is 421 g/mol. The van der Waals surface area contributed by atoms with Gasteiger partial charge in [-0.2, -0.15) is 11.8 Å². The molecule has 0 atom stereocenters. The number of thioether (sulfide) groups is 1. The third-order valence-electron chi connectivity index (χ3n) is 5.54. The summed E-state index contributed by atoms with van der Waals surface area (Å²) in [7, 11) is 1.67. The van der Waals surface area contributed by atoms with Gasteiger partial charge in [0.2, 0.25) is 5.91 Å². The van der Waals surface area contributed by atoms with E-state index in [-0.39, 0.29) is 11.7 Å². The number of carbonyl (C=O) groups is 1. The van der Waals surface area contributed by atoms with Crippen molar-refractivity contribution in [3.05, 3.63) is 59.4 Å². The van der Waals surface area contributed by atoms with E-state index in [2.05, 4.69) is 10.3 Å². The SMILES string of the molecule is CNC(=O)CCCSC.Fc1ccc(-c2[nH]c3c(F)cc(F)cc3c2C2CCC2)cc1. The Morgan fingerprint density at radius 3 is 2.42 bits per heavy atom. The average molecular weight is 449 g/mol. The van der Waals surface area contributed by atoms with Crippen LogP contribution in [0.1, 0.15) is 43.6 Å². The van der Waals surface area contributed by atoms with Crippen LogP contribution >= 0.6 is 11.8 Å². The molecule has 0 unspecified atom stereocenters. The number of hydrogen-bond donors (Lipinski definition) is 2. The lowest BCUT2D eigenvalue weighted by Crippen LogP contribution is -2.17. The molecule has 3 aromatic rings. The van der Waals surface area contributed by atoms with Crippen LogP contribution in [-0.2, 0) is 4.79 Å². The number of carbonyl (C=O) groups excluding carboxylic acids is 1. The fourth-order valence-corrected chi connectivity index (χ4v) is 4.14. The van der Waals surface area contributed by atoms with Crippen molar-refractivity contribution in [1.29, 1.82) is 0 Å². The van der Waals surface area contributed by atoms with Crippen molar-refractivity contribution in [2.75, 3.05) is 19.1 Å². The standard InChI is InChI=1S/C18H14F3N.C6H13NOS/c19-12-6-4-11(5-7-12)17-16(10-2-1-3-10)14-8-13(20)9-15(21)18(14)22-17;1-7-6(8)4-3-5-9-2/h4-10,22H,1-3H2;3-5H2,1-2H3,(H,7,8). The zero-order valence-corrected chi connectivity index (χ0v) is 18.6. The lowest BCUT2D eigenvalue weighted by atomic mass is 9.78. The molecule has 0 radical (unpaired) electrons. The zero-order valence-electron chi connectivity index (χ0n) is 17.7. The first-order valence-corrected chi connectivity index (χ1v) is 11.8. The number of rotatable bonds is 6. The maximum absolute atomic E-state index is 14.1. The van der Waals surface area contributed by atoms with Gasteiger partial charge in [0.15, 0.2) is 0 Å². The minimum absolute atomic E-state index is 0.143. The number of aromatic amines is 1. The summed E-state index contributed by atoms with van der Waals surface area (Å²) in [4.78, 5) is 13.6. The molecular formula is C24H27F3N2OS. The van der Waals surface area contributed by atoms with Crippen LogP contribution in [0, 0.1) is 17.5 Å². The topological polar surface area (TPSA) is 44.9 Å². The minimum atomic E-state index is -0.594. The zero-order chi connectivity index (χ0) is 22.4. The van der Waals surface area contributed by atoms with Crippen molar-refractivity contribution in [3.8, 4) is 11.3 Å². The van der Waals surface area contributed by atoms with E-state index in [1.807, 2.05) is 6.26 Å². The van der Waals surface area contributed by atoms with E-state index >= 15 is 0 Å². The number of nitrogens with one attached hydrogen (secondary N) is 2. The first kappa shape index (κ1) is 23.3. The van der Waals surface area contributed by atoms with Crippen molar-refractivity contribution in [3.63, 3.8) is 0 Å². The molecule has 31 heavy (non-hydrogen) atoms. The van der Waals surface area contributed by atoms with Gasteiger partial charge in [0.25, 0.3) is 0 Å². The molecule has 2 N–H and O–H groups in total. The fourth-order valence-electron chi connectivity index (χ4n) is 3.71. The number of fused-ring (bicyclic) bond motifs is 1. The van der Waals surface area contributed by atoms with Crippen molar-refractivity contribution in [2.45, 2.75) is 38.0 Å². The predicted octanol–water partition coefficient (Wildman–Crippen LogP) is 6.40. The number of amides is 1. The molecule has 0 aliphatic heterocycles. The molecule has 1 aromatic heterocycles. The maximum atomic E-state index is 14.1. The first-order chi connectivity index (χ1) is 14.9. The van der Waals surface area contributed by atoms with E-state index in [0.717, 1.165) is 54.3 Å². The molecule has 1 fully saturated rings. The molecule has 1 amide bonds. The largest absolute Gasteiger partial charge is 0.359 e. The Labute approximate surface area is 184 Å². The Balaban J connectivity index is 0.000000259. The number of halogens is 3. The van der Waals surface area contributed by atoms with Gasteiger partial charge >= 0.3 is 0 Å². The van der Waals surface area contributed by atoms with Gasteiger partial charge in [-0.25, -0.2) is 13.2 Å². The summed E-state index contributed by atoms with van der Waals surface area (Å²) in [5.74, 6) is 0.0356. The lowest BCUT2D eigenvalue weighted by molar-refractivity contribution is -0.120. The van der Waals surface area contributed by atoms with Gasteiger partial charge in [0, 0.05) is 24.9 Å². The minimum Gasteiger partial charge on any atom is -0.359 e. The van der Waals surface area contributed by atoms with Gasteiger partial charge in [0.1, 0.15) is 17.5 Å². The number of benzene rings is 2. The summed E-state index contributed by atoms with van der Waals surface area (Å²) < 4.78 is 40.8. The average Bonchev–Trinajstić information content (AvgIpc) is 3.07. The highest BCUT2D eigenvalue weighted by molar-refractivity contribution is 7.98. The molecule has 1 heterocycles. The van der Waals surface area contributed by atoms with E-state index in [4.69, 9.17) is 0 Å². The second kappa shape index (κ2) is 10.8. The van der Waals surface area contributed by atoms with Gasteiger partial charge in [-0.05, 0) is 78.6 Å². The van der Waals surface area contributed by atoms with Crippen molar-refractivity contribution < 1.29 is 18.0 Å². The van der Waals surface area contributed by atoms with Crippen LogP contribution < -0.4 is 5.32 Å². The molecule has 0 bridgehead atoms. The van der Waals surface area contributed by atoms with Crippen LogP contribution in [0.25, 0.3) is 22.2 Å². The molecule has 1 aliphatic rings. The fraction of sp³-hybridized carbons (Fsp3) is 0.375. The van der Waals surface area contributed by atoms with Gasteiger partial charge in [0.05, 0.1) is 11.2 Å². The quantitative estimate of drug-likeness (QED) is 0.429. The highest BCUT2D eigenvalue weighted by Crippen LogP contribution is 2.45. The van der Waals surface area contributed by atoms with E-state index in [1.165, 1.54) is 18.2 Å². The second-order valence-corrected chi connectivity index (χ2v) is 8.61. The summed E-state index contributed by atoms with van der Waals surface area (Å²) in [6, 6.07) is 8.35. The van der Waals surface area contributed by atoms with E-state index < -0.39 is 11.6 Å². The van der Waals surface area contributed by atoms with Crippen LogP contribution in [0.2, 0.25) is 0 Å². The number of H-pyrrole nitrogens is 1. The summed E-state index contributed by atoms with van der Waals surface area (Å²) in [6.45, 7) is 0. The smallest absolute Gasteiger partial charge is 0.219 e. The van der Waals surface area contributed by atoms with Gasteiger partial charge in [-0.3, -0.25) is 4.79 Å². The maximum Gasteiger partial charge on any atom is 0.219 e. The van der Waals surface area contributed by atoms with Gasteiger partial charge in [-0.1, -0.05) is 6.42 Å². The van der Waals surface area contributed by atoms with E-state index in [1.54, 1.807) is 30.9 Å². The van der Waals surface area contributed by atoms with Crippen LogP contribution in [0.5, 0.6) is 0 Å². The molecule has 3 nitrogen and oxygen atoms in total. The molecule has 7 heteroatoms. The lowest BCUT2D eigenvalue weighted by Gasteiger charge is -2.26. The Bertz CT molecular complexity index is 1030. The Hall–Kier alpha value is -2.41. The van der Waals surface area contributed by atoms with Crippen LogP contribution in [0.3, 0.4) is 0 Å². The third-order valence-corrected chi connectivity index (χ3v) is 6.24. The number of aromatic nitrogens is 1. The van der Waals surface area contributed by atoms with Crippen molar-refractivity contribution in [2.24, 2.45) is 0 Å². The van der Waals surface area contributed by atoms with E-state index in [0.29, 0.717) is 23.2 Å². The molecule has 0 saturated heterocycles. The van der Waals surface area contributed by atoms with Crippen LogP contribution in [0.15, 0.2) is 36.4 Å². The number of hydrogen-bond acceptors (Lipinski definition) is 2. The second-order valence-electron chi connectivity index (χ2n) is 7.63. The summed E-state index contributed by atoms with van der Waals surface area (Å²) in [5, 5.41) is 3.17. The first-order valence-electron chi connectivity index (χ1n) is 10.4. The molecule has 1 aliphatic carbocycles. The highest BCUT2D eigenvalue weighted by Gasteiger charge is 2.27. The van der Waals surface area contributed by atoms with Crippen LogP contribution in [-0.4, -0.2) is 29.9 Å². The Kier molecular flexibility index (Phi) is 8.07. The van der Waals surface area contributed by atoms with Gasteiger partial charge in [-0.15, -0.1) is 0 Å². The third kappa shape index (κ3) is 5.64. The normalized spacial score (nSPS) is 13.5. The summed E-state index contributed by atoms with van der Waals surface area (Å²) in [5.41, 5.74) is 2.83. The molecule has 2 aromatic carbocycles. The van der Waals surface area contributed by atoms with Crippen LogP contribution in [0.4, 0.5) is 13.2 Å². The van der Waals surface area contributed by atoms with Crippen molar-refractivity contribution in [1.82, 2.24) is 10.3 Å². The molecule has 1 saturated carbocycles. The highest BCUT2D eigenvalue weighted by atomic mass is 32.2.